The first kappa shape index (κ1) is 12.2. The zero-order chi connectivity index (χ0) is 11.0. The molecule has 1 atom stereocenters. The standard InChI is InChI=1S/C9H13N3O2/c1-3-14-9(13)8(4-5-10)12-7(2)6-11/h4-5,7,10,12H,3H2,1-2H3/b8-4-,10-5?. The van der Waals surface area contributed by atoms with Crippen LogP contribution in [0.15, 0.2) is 11.8 Å². The summed E-state index contributed by atoms with van der Waals surface area (Å²) in [6.07, 6.45) is 2.22. The molecule has 0 aromatic carbocycles. The van der Waals surface area contributed by atoms with E-state index < -0.39 is 12.0 Å². The Balaban J connectivity index is 4.46. The van der Waals surface area contributed by atoms with Crippen molar-refractivity contribution in [3.8, 4) is 6.07 Å². The smallest absolute Gasteiger partial charge is 0.354 e. The van der Waals surface area contributed by atoms with Crippen LogP contribution in [0.4, 0.5) is 0 Å². The molecule has 0 fully saturated rings. The van der Waals surface area contributed by atoms with E-state index in [0.29, 0.717) is 0 Å². The number of carbonyl (C=O) groups is 1. The topological polar surface area (TPSA) is 86.0 Å². The summed E-state index contributed by atoms with van der Waals surface area (Å²) in [5.74, 6) is -0.557. The van der Waals surface area contributed by atoms with Gasteiger partial charge in [0.1, 0.15) is 11.7 Å². The highest BCUT2D eigenvalue weighted by atomic mass is 16.5. The van der Waals surface area contributed by atoms with Gasteiger partial charge in [0.2, 0.25) is 0 Å². The molecule has 0 radical (unpaired) electrons. The van der Waals surface area contributed by atoms with Crippen molar-refractivity contribution in [3.63, 3.8) is 0 Å². The molecule has 0 bridgehead atoms. The first-order chi connectivity index (χ1) is 6.65. The lowest BCUT2D eigenvalue weighted by Gasteiger charge is -2.10. The largest absolute Gasteiger partial charge is 0.461 e. The number of hydrogen-bond donors (Lipinski definition) is 2. The Kier molecular flexibility index (Phi) is 5.79. The molecule has 14 heavy (non-hydrogen) atoms. The predicted molar refractivity (Wildman–Crippen MR) is 51.7 cm³/mol. The van der Waals surface area contributed by atoms with E-state index >= 15 is 0 Å². The lowest BCUT2D eigenvalue weighted by atomic mass is 10.3. The van der Waals surface area contributed by atoms with Crippen molar-refractivity contribution >= 4 is 12.2 Å². The number of nitriles is 1. The van der Waals surface area contributed by atoms with Crippen molar-refractivity contribution in [1.29, 1.82) is 10.7 Å². The molecule has 5 nitrogen and oxygen atoms in total. The molecule has 76 valence electrons. The number of rotatable bonds is 5. The Morgan fingerprint density at radius 2 is 2.43 bits per heavy atom. The second kappa shape index (κ2) is 6.66. The van der Waals surface area contributed by atoms with Crippen molar-refractivity contribution in [2.75, 3.05) is 6.61 Å². The molecule has 0 amide bonds. The minimum Gasteiger partial charge on any atom is -0.461 e. The Morgan fingerprint density at radius 1 is 1.79 bits per heavy atom. The van der Waals surface area contributed by atoms with E-state index in [0.717, 1.165) is 6.21 Å². The number of hydrogen-bond acceptors (Lipinski definition) is 5. The van der Waals surface area contributed by atoms with Crippen LogP contribution in [-0.2, 0) is 9.53 Å². The molecule has 0 aromatic rings. The fraction of sp³-hybridized carbons (Fsp3) is 0.444. The van der Waals surface area contributed by atoms with Crippen LogP contribution in [-0.4, -0.2) is 24.8 Å². The van der Waals surface area contributed by atoms with Crippen LogP contribution in [0, 0.1) is 16.7 Å². The summed E-state index contributed by atoms with van der Waals surface area (Å²) in [6, 6.07) is 1.42. The maximum atomic E-state index is 11.2. The highest BCUT2D eigenvalue weighted by Gasteiger charge is 2.11. The lowest BCUT2D eigenvalue weighted by Crippen LogP contribution is -2.29. The molecule has 0 aromatic heterocycles. The van der Waals surface area contributed by atoms with Crippen molar-refractivity contribution in [2.24, 2.45) is 0 Å². The third-order valence-electron chi connectivity index (χ3n) is 1.31. The molecule has 0 aliphatic rings. The van der Waals surface area contributed by atoms with Gasteiger partial charge >= 0.3 is 5.97 Å². The van der Waals surface area contributed by atoms with Gasteiger partial charge in [-0.15, -0.1) is 0 Å². The molecule has 1 unspecified atom stereocenters. The average Bonchev–Trinajstić information content (AvgIpc) is 2.17. The summed E-state index contributed by atoms with van der Waals surface area (Å²) < 4.78 is 4.72. The van der Waals surface area contributed by atoms with Crippen molar-refractivity contribution in [3.05, 3.63) is 11.8 Å². The van der Waals surface area contributed by atoms with Gasteiger partial charge in [0, 0.05) is 6.21 Å². The zero-order valence-electron chi connectivity index (χ0n) is 8.20. The normalized spacial score (nSPS) is 12.5. The summed E-state index contributed by atoms with van der Waals surface area (Å²) in [5, 5.41) is 18.0. The molecule has 0 aliphatic heterocycles. The summed E-state index contributed by atoms with van der Waals surface area (Å²) in [4.78, 5) is 11.2. The molecule has 5 heteroatoms. The maximum absolute atomic E-state index is 11.2. The molecular weight excluding hydrogens is 182 g/mol. The van der Waals surface area contributed by atoms with Crippen molar-refractivity contribution in [2.45, 2.75) is 19.9 Å². The highest BCUT2D eigenvalue weighted by molar-refractivity contribution is 5.92. The molecule has 0 rings (SSSR count). The number of allylic oxidation sites excluding steroid dienone is 1. The number of nitrogens with one attached hydrogen (secondary N) is 2. The second-order valence-electron chi connectivity index (χ2n) is 2.46. The number of esters is 1. The Labute approximate surface area is 82.9 Å². The highest BCUT2D eigenvalue weighted by Crippen LogP contribution is 1.95. The van der Waals surface area contributed by atoms with Gasteiger partial charge in [0.05, 0.1) is 12.7 Å². The summed E-state index contributed by atoms with van der Waals surface area (Å²) in [6.45, 7) is 3.56. The van der Waals surface area contributed by atoms with Gasteiger partial charge in [-0.1, -0.05) is 0 Å². The van der Waals surface area contributed by atoms with Crippen LogP contribution >= 0.6 is 0 Å². The minimum atomic E-state index is -0.557. The van der Waals surface area contributed by atoms with E-state index in [2.05, 4.69) is 5.32 Å². The van der Waals surface area contributed by atoms with Gasteiger partial charge in [-0.3, -0.25) is 0 Å². The second-order valence-corrected chi connectivity index (χ2v) is 2.46. The first-order valence-corrected chi connectivity index (χ1v) is 4.19. The van der Waals surface area contributed by atoms with E-state index in [1.165, 1.54) is 6.08 Å². The summed E-state index contributed by atoms with van der Waals surface area (Å²) >= 11 is 0. The Morgan fingerprint density at radius 3 is 2.86 bits per heavy atom. The molecule has 0 aliphatic carbocycles. The number of ether oxygens (including phenoxy) is 1. The van der Waals surface area contributed by atoms with Gasteiger partial charge in [-0.2, -0.15) is 5.26 Å². The van der Waals surface area contributed by atoms with Gasteiger partial charge < -0.3 is 15.5 Å². The van der Waals surface area contributed by atoms with Gasteiger partial charge in [0.15, 0.2) is 0 Å². The van der Waals surface area contributed by atoms with E-state index in [9.17, 15) is 4.79 Å². The van der Waals surface area contributed by atoms with E-state index in [4.69, 9.17) is 15.4 Å². The van der Waals surface area contributed by atoms with E-state index in [1.54, 1.807) is 13.8 Å². The maximum Gasteiger partial charge on any atom is 0.354 e. The van der Waals surface area contributed by atoms with Crippen LogP contribution in [0.3, 0.4) is 0 Å². The molecule has 0 heterocycles. The van der Waals surface area contributed by atoms with Crippen molar-refractivity contribution in [1.82, 2.24) is 5.32 Å². The Bertz CT molecular complexity index is 278. The fourth-order valence-corrected chi connectivity index (χ4v) is 0.733. The van der Waals surface area contributed by atoms with Crippen molar-refractivity contribution < 1.29 is 9.53 Å². The van der Waals surface area contributed by atoms with Crippen LogP contribution in [0.5, 0.6) is 0 Å². The average molecular weight is 195 g/mol. The van der Waals surface area contributed by atoms with E-state index in [1.807, 2.05) is 6.07 Å². The van der Waals surface area contributed by atoms with Crippen LogP contribution in [0.2, 0.25) is 0 Å². The zero-order valence-corrected chi connectivity index (χ0v) is 8.20. The monoisotopic (exact) mass is 195 g/mol. The molecule has 0 saturated carbocycles. The molecule has 0 spiro atoms. The number of carbonyl (C=O) groups excluding carboxylic acids is 1. The summed E-state index contributed by atoms with van der Waals surface area (Å²) in [7, 11) is 0. The summed E-state index contributed by atoms with van der Waals surface area (Å²) in [5.41, 5.74) is 0.121. The third-order valence-corrected chi connectivity index (χ3v) is 1.31. The van der Waals surface area contributed by atoms with E-state index in [-0.39, 0.29) is 12.3 Å². The Hall–Kier alpha value is -1.83. The van der Waals surface area contributed by atoms with Gasteiger partial charge in [-0.25, -0.2) is 4.79 Å². The SMILES string of the molecule is CCOC(=O)/C(=C/C=N)NC(C)C#N. The van der Waals surface area contributed by atoms with Crippen LogP contribution in [0.1, 0.15) is 13.8 Å². The minimum absolute atomic E-state index is 0.121. The molecular formula is C9H13N3O2. The molecule has 2 N–H and O–H groups in total. The van der Waals surface area contributed by atoms with Gasteiger partial charge in [0.25, 0.3) is 0 Å². The first-order valence-electron chi connectivity index (χ1n) is 4.19. The van der Waals surface area contributed by atoms with Crippen LogP contribution < -0.4 is 5.32 Å². The molecule has 0 saturated heterocycles. The third kappa shape index (κ3) is 4.26. The fourth-order valence-electron chi connectivity index (χ4n) is 0.733. The number of nitrogens with zero attached hydrogens (tertiary/aromatic N) is 1. The predicted octanol–water partition coefficient (Wildman–Crippen LogP) is 0.585. The van der Waals surface area contributed by atoms with Crippen LogP contribution in [0.25, 0.3) is 0 Å². The lowest BCUT2D eigenvalue weighted by molar-refractivity contribution is -0.139. The quantitative estimate of drug-likeness (QED) is 0.382. The van der Waals surface area contributed by atoms with Gasteiger partial charge in [-0.05, 0) is 19.9 Å².